The summed E-state index contributed by atoms with van der Waals surface area (Å²) in [4.78, 5) is 1.42. The predicted molar refractivity (Wildman–Crippen MR) is 61.7 cm³/mol. The van der Waals surface area contributed by atoms with E-state index in [1.807, 2.05) is 6.92 Å². The Balaban J connectivity index is 2.08. The van der Waals surface area contributed by atoms with E-state index in [-0.39, 0.29) is 6.10 Å². The molecule has 0 saturated heterocycles. The molecule has 0 fully saturated rings. The van der Waals surface area contributed by atoms with Crippen molar-refractivity contribution in [3.8, 4) is 0 Å². The third-order valence-electron chi connectivity index (χ3n) is 2.23. The Hall–Kier alpha value is -0.380. The van der Waals surface area contributed by atoms with Gasteiger partial charge in [-0.2, -0.15) is 0 Å². The van der Waals surface area contributed by atoms with Crippen molar-refractivity contribution in [2.45, 2.75) is 39.3 Å². The fraction of sp³-hybridized carbons (Fsp3) is 0.636. The lowest BCUT2D eigenvalue weighted by molar-refractivity contribution is 0.181. The van der Waals surface area contributed by atoms with Crippen LogP contribution in [0.1, 0.15) is 30.2 Å². The van der Waals surface area contributed by atoms with Crippen LogP contribution in [0.25, 0.3) is 0 Å². The number of hydrogen-bond acceptors (Lipinski definition) is 3. The lowest BCUT2D eigenvalue weighted by Gasteiger charge is -2.05. The lowest BCUT2D eigenvalue weighted by Crippen LogP contribution is -2.15. The first-order valence-electron chi connectivity index (χ1n) is 5.12. The topological polar surface area (TPSA) is 32.3 Å². The molecule has 2 N–H and O–H groups in total. The molecule has 0 radical (unpaired) electrons. The van der Waals surface area contributed by atoms with Crippen LogP contribution in [0.4, 0.5) is 0 Å². The van der Waals surface area contributed by atoms with Crippen LogP contribution in [0, 0.1) is 6.92 Å². The third kappa shape index (κ3) is 4.22. The van der Waals surface area contributed by atoms with Crippen LogP contribution in [0.3, 0.4) is 0 Å². The fourth-order valence-electron chi connectivity index (χ4n) is 1.31. The number of hydrogen-bond donors (Lipinski definition) is 2. The van der Waals surface area contributed by atoms with Gasteiger partial charge in [-0.3, -0.25) is 0 Å². The Morgan fingerprint density at radius 1 is 1.57 bits per heavy atom. The number of aliphatic hydroxyl groups excluding tert-OH is 1. The van der Waals surface area contributed by atoms with E-state index in [0.717, 1.165) is 25.9 Å². The van der Waals surface area contributed by atoms with Gasteiger partial charge in [-0.05, 0) is 50.2 Å². The first-order valence-corrected chi connectivity index (χ1v) is 6.00. The molecule has 1 unspecified atom stereocenters. The second kappa shape index (κ2) is 6.17. The summed E-state index contributed by atoms with van der Waals surface area (Å²) in [5.41, 5.74) is 1.37. The molecule has 0 aliphatic carbocycles. The monoisotopic (exact) mass is 213 g/mol. The molecule has 1 rings (SSSR count). The van der Waals surface area contributed by atoms with Gasteiger partial charge in [0.15, 0.2) is 0 Å². The molecule has 0 spiro atoms. The van der Waals surface area contributed by atoms with Gasteiger partial charge in [0.2, 0.25) is 0 Å². The van der Waals surface area contributed by atoms with E-state index < -0.39 is 0 Å². The molecule has 1 aromatic heterocycles. The molecule has 2 nitrogen and oxygen atoms in total. The summed E-state index contributed by atoms with van der Waals surface area (Å²) >= 11 is 1.80. The van der Waals surface area contributed by atoms with Crippen molar-refractivity contribution in [3.05, 3.63) is 21.9 Å². The molecule has 1 atom stereocenters. The first kappa shape index (κ1) is 11.7. The molecule has 1 aromatic rings. The Morgan fingerprint density at radius 2 is 2.36 bits per heavy atom. The summed E-state index contributed by atoms with van der Waals surface area (Å²) in [5.74, 6) is 0. The summed E-state index contributed by atoms with van der Waals surface area (Å²) in [5, 5.41) is 14.6. The smallest absolute Gasteiger partial charge is 0.0512 e. The van der Waals surface area contributed by atoms with Gasteiger partial charge < -0.3 is 10.4 Å². The Kier molecular flexibility index (Phi) is 5.15. The zero-order valence-electron chi connectivity index (χ0n) is 8.92. The van der Waals surface area contributed by atoms with Gasteiger partial charge in [0.25, 0.3) is 0 Å². The van der Waals surface area contributed by atoms with Gasteiger partial charge in [0, 0.05) is 11.4 Å². The summed E-state index contributed by atoms with van der Waals surface area (Å²) < 4.78 is 0. The predicted octanol–water partition coefficient (Wildman–Crippen LogP) is 2.31. The number of nitrogens with one attached hydrogen (secondary N) is 1. The first-order chi connectivity index (χ1) is 6.70. The number of aryl methyl sites for hydroxylation is 1. The molecule has 1 heterocycles. The standard InChI is InChI=1S/C11H19NOS/c1-9-5-7-14-11(9)8-12-6-3-4-10(2)13/h5,7,10,12-13H,3-4,6,8H2,1-2H3. The van der Waals surface area contributed by atoms with Crippen molar-refractivity contribution in [2.24, 2.45) is 0 Å². The molecule has 0 aliphatic rings. The summed E-state index contributed by atoms with van der Waals surface area (Å²) in [7, 11) is 0. The average Bonchev–Trinajstić information content (AvgIpc) is 2.51. The van der Waals surface area contributed by atoms with Crippen LogP contribution >= 0.6 is 11.3 Å². The zero-order chi connectivity index (χ0) is 10.4. The summed E-state index contributed by atoms with van der Waals surface area (Å²) in [6.07, 6.45) is 1.76. The maximum atomic E-state index is 9.05. The van der Waals surface area contributed by atoms with Crippen LogP contribution < -0.4 is 5.32 Å². The molecular weight excluding hydrogens is 194 g/mol. The van der Waals surface area contributed by atoms with Crippen molar-refractivity contribution in [2.75, 3.05) is 6.54 Å². The number of thiophene rings is 1. The maximum absolute atomic E-state index is 9.05. The van der Waals surface area contributed by atoms with Crippen molar-refractivity contribution in [1.82, 2.24) is 5.32 Å². The third-order valence-corrected chi connectivity index (χ3v) is 3.25. The van der Waals surface area contributed by atoms with Crippen molar-refractivity contribution >= 4 is 11.3 Å². The van der Waals surface area contributed by atoms with E-state index in [1.54, 1.807) is 11.3 Å². The highest BCUT2D eigenvalue weighted by Gasteiger charge is 1.99. The molecule has 14 heavy (non-hydrogen) atoms. The van der Waals surface area contributed by atoms with E-state index in [9.17, 15) is 0 Å². The zero-order valence-corrected chi connectivity index (χ0v) is 9.73. The highest BCUT2D eigenvalue weighted by molar-refractivity contribution is 7.10. The summed E-state index contributed by atoms with van der Waals surface area (Å²) in [6.45, 7) is 5.93. The SMILES string of the molecule is Cc1ccsc1CNCCCC(C)O. The normalized spacial score (nSPS) is 13.1. The quantitative estimate of drug-likeness (QED) is 0.711. The maximum Gasteiger partial charge on any atom is 0.0512 e. The number of aliphatic hydroxyl groups is 1. The van der Waals surface area contributed by atoms with Gasteiger partial charge in [-0.25, -0.2) is 0 Å². The van der Waals surface area contributed by atoms with Crippen molar-refractivity contribution < 1.29 is 5.11 Å². The van der Waals surface area contributed by atoms with Gasteiger partial charge in [-0.15, -0.1) is 11.3 Å². The molecule has 0 saturated carbocycles. The minimum absolute atomic E-state index is 0.166. The van der Waals surface area contributed by atoms with Crippen LogP contribution in [0.15, 0.2) is 11.4 Å². The van der Waals surface area contributed by atoms with Crippen LogP contribution in [0.2, 0.25) is 0 Å². The van der Waals surface area contributed by atoms with Crippen molar-refractivity contribution in [1.29, 1.82) is 0 Å². The molecule has 0 aliphatic heterocycles. The second-order valence-corrected chi connectivity index (χ2v) is 4.70. The Bertz CT molecular complexity index is 258. The molecule has 0 aromatic carbocycles. The van der Waals surface area contributed by atoms with Crippen molar-refractivity contribution in [3.63, 3.8) is 0 Å². The molecule has 0 bridgehead atoms. The van der Waals surface area contributed by atoms with Crippen LogP contribution in [-0.4, -0.2) is 17.8 Å². The van der Waals surface area contributed by atoms with Gasteiger partial charge in [0.1, 0.15) is 0 Å². The van der Waals surface area contributed by atoms with Crippen LogP contribution in [-0.2, 0) is 6.54 Å². The minimum Gasteiger partial charge on any atom is -0.393 e. The van der Waals surface area contributed by atoms with E-state index in [2.05, 4.69) is 23.7 Å². The second-order valence-electron chi connectivity index (χ2n) is 3.69. The molecule has 0 amide bonds. The van der Waals surface area contributed by atoms with Gasteiger partial charge in [-0.1, -0.05) is 0 Å². The minimum atomic E-state index is -0.166. The highest BCUT2D eigenvalue weighted by atomic mass is 32.1. The highest BCUT2D eigenvalue weighted by Crippen LogP contribution is 2.14. The lowest BCUT2D eigenvalue weighted by atomic mass is 10.2. The van der Waals surface area contributed by atoms with E-state index in [1.165, 1.54) is 10.4 Å². The molecular formula is C11H19NOS. The summed E-state index contributed by atoms with van der Waals surface area (Å²) in [6, 6.07) is 2.15. The van der Waals surface area contributed by atoms with Gasteiger partial charge in [0.05, 0.1) is 6.10 Å². The Morgan fingerprint density at radius 3 is 2.93 bits per heavy atom. The van der Waals surface area contributed by atoms with E-state index >= 15 is 0 Å². The largest absolute Gasteiger partial charge is 0.393 e. The Labute approximate surface area is 90.0 Å². The van der Waals surface area contributed by atoms with E-state index in [4.69, 9.17) is 5.11 Å². The molecule has 80 valence electrons. The number of rotatable bonds is 6. The van der Waals surface area contributed by atoms with E-state index in [0.29, 0.717) is 0 Å². The fourth-order valence-corrected chi connectivity index (χ4v) is 2.19. The van der Waals surface area contributed by atoms with Crippen LogP contribution in [0.5, 0.6) is 0 Å². The van der Waals surface area contributed by atoms with Gasteiger partial charge >= 0.3 is 0 Å². The average molecular weight is 213 g/mol. The molecule has 3 heteroatoms.